The van der Waals surface area contributed by atoms with E-state index in [9.17, 15) is 26.4 Å². The van der Waals surface area contributed by atoms with Crippen molar-refractivity contribution in [2.24, 2.45) is 11.5 Å². The summed E-state index contributed by atoms with van der Waals surface area (Å²) in [6.45, 7) is 14.9. The van der Waals surface area contributed by atoms with Crippen LogP contribution in [-0.4, -0.2) is 141 Å². The van der Waals surface area contributed by atoms with Crippen LogP contribution in [0, 0.1) is 0 Å². The molecule has 66 heavy (non-hydrogen) atoms. The second kappa shape index (κ2) is 24.8. The predicted octanol–water partition coefficient (Wildman–Crippen LogP) is 6.04. The summed E-state index contributed by atoms with van der Waals surface area (Å²) in [5.74, 6) is 0.119. The molecule has 1 aromatic carbocycles. The van der Waals surface area contributed by atoms with E-state index in [1.807, 2.05) is 55.6 Å². The number of methoxy groups -OCH3 is 1. The van der Waals surface area contributed by atoms with Crippen LogP contribution in [0.25, 0.3) is 0 Å². The number of ether oxygens (including phenoxy) is 2. The molecule has 2 amide bonds. The zero-order valence-electron chi connectivity index (χ0n) is 40.0. The molecule has 4 aliphatic heterocycles. The number of hydrogen-bond donors (Lipinski definition) is 3. The van der Waals surface area contributed by atoms with E-state index in [0.717, 1.165) is 69.5 Å². The van der Waals surface area contributed by atoms with Crippen LogP contribution in [0.3, 0.4) is 0 Å². The molecule has 15 nitrogen and oxygen atoms in total. The Bertz CT molecular complexity index is 2150. The van der Waals surface area contributed by atoms with Crippen molar-refractivity contribution in [2.45, 2.75) is 126 Å². The Morgan fingerprint density at radius 2 is 1.26 bits per heavy atom. The Labute approximate surface area is 399 Å². The first-order chi connectivity index (χ1) is 31.7. The van der Waals surface area contributed by atoms with Gasteiger partial charge in [-0.1, -0.05) is 46.2 Å². The monoisotopic (exact) mass is 975 g/mol. The van der Waals surface area contributed by atoms with Crippen LogP contribution < -0.4 is 16.2 Å². The van der Waals surface area contributed by atoms with Gasteiger partial charge in [0.2, 0.25) is 31.9 Å². The van der Waals surface area contributed by atoms with E-state index in [2.05, 4.69) is 52.9 Å². The summed E-state index contributed by atoms with van der Waals surface area (Å²) in [6.07, 6.45) is 9.02. The van der Waals surface area contributed by atoms with Gasteiger partial charge in [0.05, 0.1) is 13.2 Å². The maximum Gasteiger partial charge on any atom is 0.240 e. The van der Waals surface area contributed by atoms with Crippen molar-refractivity contribution in [2.75, 3.05) is 79.2 Å². The Morgan fingerprint density at radius 3 is 1.71 bits per heavy atom. The lowest BCUT2D eigenvalue weighted by molar-refractivity contribution is -0.122. The van der Waals surface area contributed by atoms with E-state index < -0.39 is 41.4 Å². The number of aryl methyl sites for hydroxylation is 1. The summed E-state index contributed by atoms with van der Waals surface area (Å²) in [5, 5.41) is 0. The smallest absolute Gasteiger partial charge is 0.240 e. The van der Waals surface area contributed by atoms with Crippen LogP contribution in [-0.2, 0) is 47.3 Å². The van der Waals surface area contributed by atoms with Crippen molar-refractivity contribution in [1.29, 1.82) is 0 Å². The first-order valence-electron chi connectivity index (χ1n) is 24.2. The van der Waals surface area contributed by atoms with Crippen LogP contribution in [0.15, 0.2) is 54.7 Å². The van der Waals surface area contributed by atoms with Gasteiger partial charge in [0.15, 0.2) is 9.49 Å². The molecular weight excluding hydrogens is 899 g/mol. The number of nitrogens with two attached hydrogens (primary N) is 2. The largest absolute Gasteiger partial charge is 0.494 e. The first kappa shape index (κ1) is 53.6. The number of carbonyl (C=O) groups is 2. The van der Waals surface area contributed by atoms with Gasteiger partial charge < -0.3 is 30.8 Å². The maximum absolute atomic E-state index is 13.7. The standard InChI is InChI=1S/C26H38N4O4S.C20H33N3O4S2.C2H6/c1-2-3-19-34-24-8-6-21(7-9-24)22-10-15-30(16-11-22)35(32,33)26(25(27)31)12-17-29(18-13-26)20-23-5-4-14-28-23;1-3-17-4-5-18(28-17)16-6-10-23(11-7-16)29(25,26)20(19(21)24)8-12-22(13-9-20)14-15-27-2;1-2/h4-9,14,22,28H,2-3,10-13,15-20H2,1H3,(H2,27,31);4-5,16H,3,6-15H2,1-2H3,(H2,21,24);1-2H3. The van der Waals surface area contributed by atoms with Gasteiger partial charge in [-0.15, -0.1) is 11.3 Å². The molecule has 0 unspecified atom stereocenters. The molecule has 4 saturated heterocycles. The van der Waals surface area contributed by atoms with Crippen LogP contribution in [0.2, 0.25) is 0 Å². The molecule has 6 heterocycles. The van der Waals surface area contributed by atoms with Gasteiger partial charge in [-0.2, -0.15) is 0 Å². The minimum atomic E-state index is -3.85. The second-order valence-electron chi connectivity index (χ2n) is 17.8. The highest BCUT2D eigenvalue weighted by Crippen LogP contribution is 2.40. The molecule has 370 valence electrons. The summed E-state index contributed by atoms with van der Waals surface area (Å²) >= 11 is 1.83. The number of amides is 2. The number of H-pyrrole nitrogens is 1. The highest BCUT2D eigenvalue weighted by Gasteiger charge is 2.55. The maximum atomic E-state index is 13.7. The van der Waals surface area contributed by atoms with Gasteiger partial charge in [0.25, 0.3) is 0 Å². The molecule has 7 rings (SSSR count). The average Bonchev–Trinajstić information content (AvgIpc) is 4.05. The van der Waals surface area contributed by atoms with Crippen LogP contribution in [0.5, 0.6) is 5.75 Å². The van der Waals surface area contributed by atoms with E-state index in [4.69, 9.17) is 20.9 Å². The SMILES string of the molecule is CC.CCCCOc1ccc(C2CCN(S(=O)(=O)C3(C(N)=O)CCN(Cc4ccc[nH]4)CC3)CC2)cc1.CCc1ccc(C2CCN(S(=O)(=O)C3(C(N)=O)CCN(CCOC)CC3)CC2)s1. The van der Waals surface area contributed by atoms with E-state index >= 15 is 0 Å². The second-order valence-corrected chi connectivity index (χ2v) is 23.5. The zero-order valence-corrected chi connectivity index (χ0v) is 42.5. The number of hydrogen-bond acceptors (Lipinski definition) is 11. The minimum Gasteiger partial charge on any atom is -0.494 e. The Hall–Kier alpha value is -3.36. The van der Waals surface area contributed by atoms with Crippen LogP contribution in [0.4, 0.5) is 0 Å². The number of aromatic nitrogens is 1. The number of primary amides is 2. The van der Waals surface area contributed by atoms with Gasteiger partial charge >= 0.3 is 0 Å². The summed E-state index contributed by atoms with van der Waals surface area (Å²) in [7, 11) is -6.00. The number of rotatable bonds is 18. The lowest BCUT2D eigenvalue weighted by Crippen LogP contribution is -2.61. The third-order valence-corrected chi connectivity index (χ3v) is 20.7. The Kier molecular flexibility index (Phi) is 20.1. The van der Waals surface area contributed by atoms with Gasteiger partial charge in [-0.05, 0) is 118 Å². The first-order valence-corrected chi connectivity index (χ1v) is 27.9. The number of carbonyl (C=O) groups excluding carboxylic acids is 2. The molecule has 18 heteroatoms. The summed E-state index contributed by atoms with van der Waals surface area (Å²) < 4.78 is 65.3. The highest BCUT2D eigenvalue weighted by molar-refractivity contribution is 7.91. The number of likely N-dealkylation sites (tertiary alicyclic amines) is 2. The van der Waals surface area contributed by atoms with Crippen molar-refractivity contribution in [1.82, 2.24) is 23.4 Å². The molecule has 4 aliphatic rings. The number of aromatic amines is 1. The number of nitrogens with one attached hydrogen (secondary N) is 1. The number of unbranched alkanes of at least 4 members (excludes halogenated alkanes) is 1. The summed E-state index contributed by atoms with van der Waals surface area (Å²) in [5.41, 5.74) is 13.7. The Morgan fingerprint density at radius 1 is 0.727 bits per heavy atom. The third-order valence-electron chi connectivity index (χ3n) is 14.0. The lowest BCUT2D eigenvalue weighted by atomic mass is 9.90. The fourth-order valence-corrected chi connectivity index (χ4v) is 15.1. The molecule has 3 aromatic rings. The van der Waals surface area contributed by atoms with Crippen molar-refractivity contribution in [3.05, 3.63) is 75.7 Å². The van der Waals surface area contributed by atoms with E-state index in [1.165, 1.54) is 23.9 Å². The molecule has 5 N–H and O–H groups in total. The molecule has 0 saturated carbocycles. The van der Waals surface area contributed by atoms with Crippen molar-refractivity contribution < 1.29 is 35.9 Å². The number of benzene rings is 1. The number of sulfonamides is 2. The molecule has 2 aromatic heterocycles. The Balaban J connectivity index is 0.000000243. The van der Waals surface area contributed by atoms with Gasteiger partial charge in [-0.25, -0.2) is 25.4 Å². The average molecular weight is 976 g/mol. The highest BCUT2D eigenvalue weighted by atomic mass is 32.2. The van der Waals surface area contributed by atoms with E-state index in [1.54, 1.807) is 7.11 Å². The predicted molar refractivity (Wildman–Crippen MR) is 264 cm³/mol. The molecule has 0 aliphatic carbocycles. The van der Waals surface area contributed by atoms with Crippen LogP contribution >= 0.6 is 11.3 Å². The number of piperidine rings is 4. The lowest BCUT2D eigenvalue weighted by Gasteiger charge is -2.43. The normalized spacial score (nSPS) is 20.4. The molecule has 0 spiro atoms. The molecular formula is C48H77N7O8S3. The van der Waals surface area contributed by atoms with Gasteiger partial charge in [0.1, 0.15) is 5.75 Å². The minimum absolute atomic E-state index is 0.227. The summed E-state index contributed by atoms with van der Waals surface area (Å²) in [6, 6.07) is 16.5. The van der Waals surface area contributed by atoms with E-state index in [0.29, 0.717) is 77.3 Å². The van der Waals surface area contributed by atoms with Crippen molar-refractivity contribution in [3.63, 3.8) is 0 Å². The molecule has 0 atom stereocenters. The molecule has 0 radical (unpaired) electrons. The topological polar surface area (TPSA) is 202 Å². The fourth-order valence-electron chi connectivity index (χ4n) is 9.68. The quantitative estimate of drug-likeness (QED) is 0.126. The number of nitrogens with zero attached hydrogens (tertiary/aromatic N) is 4. The third kappa shape index (κ3) is 12.4. The van der Waals surface area contributed by atoms with Crippen LogP contribution in [0.1, 0.15) is 125 Å². The van der Waals surface area contributed by atoms with Crippen molar-refractivity contribution >= 4 is 43.2 Å². The molecule has 4 fully saturated rings. The van der Waals surface area contributed by atoms with Crippen molar-refractivity contribution in [3.8, 4) is 5.75 Å². The van der Waals surface area contributed by atoms with E-state index in [-0.39, 0.29) is 25.7 Å². The van der Waals surface area contributed by atoms with Gasteiger partial charge in [-0.3, -0.25) is 14.5 Å². The summed E-state index contributed by atoms with van der Waals surface area (Å²) in [4.78, 5) is 35.1. The molecule has 0 bridgehead atoms. The number of thiophene rings is 1. The fraction of sp³-hybridized carbons (Fsp3) is 0.667. The zero-order chi connectivity index (χ0) is 48.0. The van der Waals surface area contributed by atoms with Gasteiger partial charge in [0, 0.05) is 94.2 Å².